The Hall–Kier alpha value is -8.42. The molecule has 430 valence electrons. The number of para-hydroxylation sites is 1. The fourth-order valence-electron chi connectivity index (χ4n) is 11.6. The number of fused-ring (bicyclic) bond motifs is 3. The van der Waals surface area contributed by atoms with Crippen molar-refractivity contribution in [3.63, 3.8) is 0 Å². The van der Waals surface area contributed by atoms with E-state index >= 15 is 0 Å². The highest BCUT2D eigenvalue weighted by Crippen LogP contribution is 2.45. The molecule has 0 saturated carbocycles. The second kappa shape index (κ2) is 21.3. The maximum atomic E-state index is 14.5. The van der Waals surface area contributed by atoms with E-state index in [1.165, 1.54) is 22.3 Å². The Bertz CT molecular complexity index is 3890. The van der Waals surface area contributed by atoms with Crippen LogP contribution in [0.3, 0.4) is 0 Å². The van der Waals surface area contributed by atoms with E-state index in [4.69, 9.17) is 0 Å². The number of hydrogen-bond donors (Lipinski definition) is 0. The number of rotatable bonds is 8. The van der Waals surface area contributed by atoms with Crippen molar-refractivity contribution in [3.05, 3.63) is 246 Å². The normalized spacial score (nSPS) is 12.8. The molecule has 1 heterocycles. The lowest BCUT2D eigenvalue weighted by Gasteiger charge is -2.20. The lowest BCUT2D eigenvalue weighted by molar-refractivity contribution is -0.143. The van der Waals surface area contributed by atoms with E-state index < -0.39 is 23.5 Å². The second-order valence-electron chi connectivity index (χ2n) is 27.0. The van der Waals surface area contributed by atoms with Gasteiger partial charge in [0.05, 0.1) is 27.8 Å². The standard InChI is InChI=1S/C78H71F6N/c1-73(2,3)61-27-17-48(18-28-61)54-37-55(49-19-29-62(30-20-49)74(4,5)6)40-58(39-54)52-25-35-71-68(45-52)69-46-53(26-36-72(69)85(71)70-16-14-13-15-67(70)60-43-65(77(79,80)81)47-66(44-60)78(82,83)84)59-41-56(50-21-31-63(32-22-50)75(7,8)9)38-57(42-59)51-23-33-64(34-24-51)76(10,11)12/h13-47H,1-12H3. The first-order valence-electron chi connectivity index (χ1n) is 29.1. The van der Waals surface area contributed by atoms with Gasteiger partial charge in [0.25, 0.3) is 0 Å². The summed E-state index contributed by atoms with van der Waals surface area (Å²) in [5, 5.41) is 1.71. The molecule has 85 heavy (non-hydrogen) atoms. The summed E-state index contributed by atoms with van der Waals surface area (Å²) >= 11 is 0. The summed E-state index contributed by atoms with van der Waals surface area (Å²) in [6.07, 6.45) is -10.1. The minimum atomic E-state index is -5.03. The monoisotopic (exact) mass is 1140 g/mol. The second-order valence-corrected chi connectivity index (χ2v) is 27.0. The van der Waals surface area contributed by atoms with Crippen molar-refractivity contribution in [3.8, 4) is 83.6 Å². The van der Waals surface area contributed by atoms with Gasteiger partial charge in [0.1, 0.15) is 0 Å². The van der Waals surface area contributed by atoms with Crippen LogP contribution in [0.5, 0.6) is 0 Å². The Kier molecular flexibility index (Phi) is 14.6. The van der Waals surface area contributed by atoms with Gasteiger partial charge in [-0.3, -0.25) is 0 Å². The molecule has 1 nitrogen and oxygen atoms in total. The Morgan fingerprint density at radius 3 is 0.788 bits per heavy atom. The molecule has 1 aromatic heterocycles. The summed E-state index contributed by atoms with van der Waals surface area (Å²) < 4.78 is 89.3. The molecular weight excluding hydrogens is 1060 g/mol. The third kappa shape index (κ3) is 12.0. The summed E-state index contributed by atoms with van der Waals surface area (Å²) in [5.41, 5.74) is 16.2. The van der Waals surface area contributed by atoms with Crippen molar-refractivity contribution in [2.45, 2.75) is 117 Å². The highest BCUT2D eigenvalue weighted by Gasteiger charge is 2.37. The smallest absolute Gasteiger partial charge is 0.309 e. The molecular formula is C78H71F6N. The minimum Gasteiger partial charge on any atom is -0.309 e. The minimum absolute atomic E-state index is 0.0315. The Labute approximate surface area is 496 Å². The van der Waals surface area contributed by atoms with Crippen LogP contribution in [0.4, 0.5) is 26.3 Å². The van der Waals surface area contributed by atoms with Crippen molar-refractivity contribution in [1.29, 1.82) is 0 Å². The largest absolute Gasteiger partial charge is 0.416 e. The molecule has 0 amide bonds. The van der Waals surface area contributed by atoms with Gasteiger partial charge in [0, 0.05) is 16.3 Å². The Balaban J connectivity index is 1.16. The lowest BCUT2D eigenvalue weighted by Crippen LogP contribution is -2.11. The first-order chi connectivity index (χ1) is 39.9. The van der Waals surface area contributed by atoms with Crippen molar-refractivity contribution >= 4 is 21.8 Å². The fraction of sp³-hybridized carbons (Fsp3) is 0.231. The van der Waals surface area contributed by atoms with Gasteiger partial charge in [-0.2, -0.15) is 26.3 Å². The van der Waals surface area contributed by atoms with Gasteiger partial charge in [0.15, 0.2) is 0 Å². The zero-order valence-electron chi connectivity index (χ0n) is 50.4. The van der Waals surface area contributed by atoms with E-state index in [2.05, 4.69) is 241 Å². The Morgan fingerprint density at radius 1 is 0.235 bits per heavy atom. The maximum Gasteiger partial charge on any atom is 0.416 e. The highest BCUT2D eigenvalue weighted by molar-refractivity contribution is 6.12. The molecule has 0 aliphatic carbocycles. The lowest BCUT2D eigenvalue weighted by atomic mass is 9.85. The van der Waals surface area contributed by atoms with Crippen LogP contribution in [0, 0.1) is 0 Å². The van der Waals surface area contributed by atoms with E-state index in [1.807, 2.05) is 16.7 Å². The van der Waals surface area contributed by atoms with Gasteiger partial charge in [-0.05, 0) is 201 Å². The maximum absolute atomic E-state index is 14.5. The number of halogens is 6. The predicted molar refractivity (Wildman–Crippen MR) is 344 cm³/mol. The molecule has 0 aliphatic rings. The average molecular weight is 1140 g/mol. The molecule has 0 unspecified atom stereocenters. The first kappa shape index (κ1) is 58.4. The first-order valence-corrected chi connectivity index (χ1v) is 29.1. The molecule has 7 heteroatoms. The number of nitrogens with zero attached hydrogens (tertiary/aromatic N) is 1. The molecule has 0 atom stereocenters. The molecule has 10 aromatic carbocycles. The van der Waals surface area contributed by atoms with Crippen LogP contribution in [0.1, 0.15) is 116 Å². The van der Waals surface area contributed by atoms with Crippen molar-refractivity contribution in [2.75, 3.05) is 0 Å². The molecule has 0 fully saturated rings. The van der Waals surface area contributed by atoms with Gasteiger partial charge in [0.2, 0.25) is 0 Å². The van der Waals surface area contributed by atoms with Crippen molar-refractivity contribution in [1.82, 2.24) is 4.57 Å². The third-order valence-electron chi connectivity index (χ3n) is 16.7. The van der Waals surface area contributed by atoms with Crippen LogP contribution in [-0.2, 0) is 34.0 Å². The number of benzene rings is 10. The molecule has 0 N–H and O–H groups in total. The van der Waals surface area contributed by atoms with E-state index in [1.54, 1.807) is 24.3 Å². The van der Waals surface area contributed by atoms with Gasteiger partial charge < -0.3 is 4.57 Å². The molecule has 0 bridgehead atoms. The number of aromatic nitrogens is 1. The van der Waals surface area contributed by atoms with Gasteiger partial charge in [-0.1, -0.05) is 210 Å². The molecule has 0 radical (unpaired) electrons. The van der Waals surface area contributed by atoms with Crippen LogP contribution in [0.2, 0.25) is 0 Å². The SMILES string of the molecule is CC(C)(C)c1ccc(-c2cc(-c3ccc(C(C)(C)C)cc3)cc(-c3ccc4c(c3)c3cc(-c5cc(-c6ccc(C(C)(C)C)cc6)cc(-c6ccc(C(C)(C)C)cc6)c5)ccc3n4-c3ccccc3-c3cc(C(F)(F)F)cc(C(F)(F)F)c3)c2)cc1. The van der Waals surface area contributed by atoms with E-state index in [0.29, 0.717) is 5.69 Å². The summed E-state index contributed by atoms with van der Waals surface area (Å²) in [7, 11) is 0. The van der Waals surface area contributed by atoms with Crippen molar-refractivity contribution < 1.29 is 26.3 Å². The van der Waals surface area contributed by atoms with E-state index in [0.717, 1.165) is 101 Å². The van der Waals surface area contributed by atoms with Gasteiger partial charge in [-0.25, -0.2) is 0 Å². The summed E-state index contributed by atoms with van der Waals surface area (Å²) in [5.74, 6) is 0. The number of alkyl halides is 6. The topological polar surface area (TPSA) is 4.93 Å². The van der Waals surface area contributed by atoms with Gasteiger partial charge >= 0.3 is 12.4 Å². The molecule has 0 saturated heterocycles. The molecule has 0 aliphatic heterocycles. The van der Waals surface area contributed by atoms with E-state index in [-0.39, 0.29) is 38.9 Å². The Morgan fingerprint density at radius 2 is 0.506 bits per heavy atom. The fourth-order valence-corrected chi connectivity index (χ4v) is 11.6. The summed E-state index contributed by atoms with van der Waals surface area (Å²) in [6.45, 7) is 26.5. The number of hydrogen-bond acceptors (Lipinski definition) is 0. The van der Waals surface area contributed by atoms with Crippen LogP contribution in [0.25, 0.3) is 105 Å². The van der Waals surface area contributed by atoms with E-state index in [9.17, 15) is 26.3 Å². The molecule has 11 aromatic rings. The zero-order chi connectivity index (χ0) is 60.8. The van der Waals surface area contributed by atoms with Crippen LogP contribution < -0.4 is 0 Å². The van der Waals surface area contributed by atoms with Gasteiger partial charge in [-0.15, -0.1) is 0 Å². The average Bonchev–Trinajstić information content (AvgIpc) is 3.00. The quantitative estimate of drug-likeness (QED) is 0.134. The highest BCUT2D eigenvalue weighted by atomic mass is 19.4. The zero-order valence-corrected chi connectivity index (χ0v) is 50.4. The molecule has 11 rings (SSSR count). The summed E-state index contributed by atoms with van der Waals surface area (Å²) in [6, 6.07) is 69.6. The molecule has 0 spiro atoms. The summed E-state index contributed by atoms with van der Waals surface area (Å²) in [4.78, 5) is 0. The van der Waals surface area contributed by atoms with Crippen LogP contribution in [-0.4, -0.2) is 4.57 Å². The third-order valence-corrected chi connectivity index (χ3v) is 16.7. The van der Waals surface area contributed by atoms with Crippen LogP contribution in [0.15, 0.2) is 212 Å². The predicted octanol–water partition coefficient (Wildman–Crippen LogP) is 23.7. The van der Waals surface area contributed by atoms with Crippen LogP contribution >= 0.6 is 0 Å². The van der Waals surface area contributed by atoms with Crippen molar-refractivity contribution in [2.24, 2.45) is 0 Å².